The van der Waals surface area contributed by atoms with Gasteiger partial charge < -0.3 is 0 Å². The first-order valence-electron chi connectivity index (χ1n) is 4.68. The van der Waals surface area contributed by atoms with Gasteiger partial charge in [0.05, 0.1) is 17.0 Å². The van der Waals surface area contributed by atoms with Gasteiger partial charge in [-0.3, -0.25) is 4.72 Å². The zero-order valence-electron chi connectivity index (χ0n) is 8.70. The summed E-state index contributed by atoms with van der Waals surface area (Å²) in [7, 11) is -3.45. The van der Waals surface area contributed by atoms with Gasteiger partial charge in [0, 0.05) is 0 Å². The van der Waals surface area contributed by atoms with Crippen LogP contribution in [0.5, 0.6) is 0 Å². The molecule has 0 bridgehead atoms. The Kier molecular flexibility index (Phi) is 3.85. The monoisotopic (exact) mass is 242 g/mol. The van der Waals surface area contributed by atoms with Gasteiger partial charge in [0.2, 0.25) is 10.0 Å². The number of hydrogen-bond donors (Lipinski definition) is 1. The number of rotatable bonds is 4. The fraction of sp³-hybridized carbons (Fsp3) is 0.300. The molecule has 0 spiro atoms. The van der Waals surface area contributed by atoms with Crippen LogP contribution in [0.1, 0.15) is 18.9 Å². The van der Waals surface area contributed by atoms with Crippen molar-refractivity contribution in [3.05, 3.63) is 29.6 Å². The van der Waals surface area contributed by atoms with Gasteiger partial charge in [-0.25, -0.2) is 12.8 Å². The van der Waals surface area contributed by atoms with Crippen LogP contribution in [0.2, 0.25) is 0 Å². The molecular weight excluding hydrogens is 231 g/mol. The summed E-state index contributed by atoms with van der Waals surface area (Å²) in [4.78, 5) is 0. The molecule has 0 aliphatic heterocycles. The van der Waals surface area contributed by atoms with Crippen LogP contribution in [0.3, 0.4) is 0 Å². The first-order chi connectivity index (χ1) is 7.48. The number of benzene rings is 1. The van der Waals surface area contributed by atoms with Crippen molar-refractivity contribution in [3.63, 3.8) is 0 Å². The van der Waals surface area contributed by atoms with Crippen molar-refractivity contribution in [2.24, 2.45) is 0 Å². The standard InChI is InChI=1S/C10H11FN2O2S/c1-2-5-16(14,15)13-10-4-3-9(11)6-8(10)7-12/h3-4,6,13H,2,5H2,1H3. The van der Waals surface area contributed by atoms with Crippen LogP contribution in [0.4, 0.5) is 10.1 Å². The molecule has 0 amide bonds. The van der Waals surface area contributed by atoms with E-state index in [0.29, 0.717) is 6.42 Å². The van der Waals surface area contributed by atoms with Gasteiger partial charge in [-0.2, -0.15) is 5.26 Å². The number of anilines is 1. The van der Waals surface area contributed by atoms with Gasteiger partial charge in [-0.15, -0.1) is 0 Å². The van der Waals surface area contributed by atoms with E-state index >= 15 is 0 Å². The smallest absolute Gasteiger partial charge is 0.232 e. The van der Waals surface area contributed by atoms with Gasteiger partial charge >= 0.3 is 0 Å². The number of sulfonamides is 1. The Morgan fingerprint density at radius 3 is 2.75 bits per heavy atom. The van der Waals surface area contributed by atoms with Crippen LogP contribution in [0.15, 0.2) is 18.2 Å². The molecule has 0 unspecified atom stereocenters. The number of nitrogens with zero attached hydrogens (tertiary/aromatic N) is 1. The maximum atomic E-state index is 12.8. The average Bonchev–Trinajstić information content (AvgIpc) is 2.20. The first-order valence-corrected chi connectivity index (χ1v) is 6.34. The number of halogens is 1. The Labute approximate surface area is 93.8 Å². The molecule has 1 aromatic rings. The van der Waals surface area contributed by atoms with Crippen molar-refractivity contribution in [1.29, 1.82) is 5.26 Å². The highest BCUT2D eigenvalue weighted by atomic mass is 32.2. The Hall–Kier alpha value is -1.61. The third kappa shape index (κ3) is 3.21. The number of hydrogen-bond acceptors (Lipinski definition) is 3. The van der Waals surface area contributed by atoms with E-state index in [1.54, 1.807) is 13.0 Å². The van der Waals surface area contributed by atoms with Gasteiger partial charge in [-0.1, -0.05) is 6.92 Å². The van der Waals surface area contributed by atoms with Gasteiger partial charge in [0.1, 0.15) is 11.9 Å². The zero-order chi connectivity index (χ0) is 12.2. The van der Waals surface area contributed by atoms with Gasteiger partial charge in [0.15, 0.2) is 0 Å². The molecule has 0 radical (unpaired) electrons. The zero-order valence-corrected chi connectivity index (χ0v) is 9.51. The molecule has 0 aliphatic rings. The molecule has 0 saturated carbocycles. The predicted octanol–water partition coefficient (Wildman–Crippen LogP) is 1.85. The fourth-order valence-corrected chi connectivity index (χ4v) is 2.34. The Morgan fingerprint density at radius 1 is 1.50 bits per heavy atom. The Balaban J connectivity index is 3.03. The highest BCUT2D eigenvalue weighted by Crippen LogP contribution is 2.17. The topological polar surface area (TPSA) is 70.0 Å². The summed E-state index contributed by atoms with van der Waals surface area (Å²) in [6, 6.07) is 5.06. The van der Waals surface area contributed by atoms with E-state index in [1.165, 1.54) is 6.07 Å². The largest absolute Gasteiger partial charge is 0.282 e. The maximum absolute atomic E-state index is 12.8. The molecule has 1 rings (SSSR count). The van der Waals surface area contributed by atoms with E-state index in [9.17, 15) is 12.8 Å². The molecule has 0 aromatic heterocycles. The predicted molar refractivity (Wildman–Crippen MR) is 58.8 cm³/mol. The number of nitrogens with one attached hydrogen (secondary N) is 1. The molecular formula is C10H11FN2O2S. The van der Waals surface area contributed by atoms with E-state index in [2.05, 4.69) is 4.72 Å². The molecule has 0 saturated heterocycles. The summed E-state index contributed by atoms with van der Waals surface area (Å²) in [5, 5.41) is 8.72. The molecule has 4 nitrogen and oxygen atoms in total. The minimum absolute atomic E-state index is 0.0281. The molecule has 16 heavy (non-hydrogen) atoms. The van der Waals surface area contributed by atoms with E-state index in [-0.39, 0.29) is 17.0 Å². The van der Waals surface area contributed by atoms with Crippen LogP contribution < -0.4 is 4.72 Å². The lowest BCUT2D eigenvalue weighted by molar-refractivity contribution is 0.599. The molecule has 0 atom stereocenters. The average molecular weight is 242 g/mol. The minimum Gasteiger partial charge on any atom is -0.282 e. The molecule has 6 heteroatoms. The SMILES string of the molecule is CCCS(=O)(=O)Nc1ccc(F)cc1C#N. The van der Waals surface area contributed by atoms with Gasteiger partial charge in [0.25, 0.3) is 0 Å². The lowest BCUT2D eigenvalue weighted by atomic mass is 10.2. The molecule has 86 valence electrons. The van der Waals surface area contributed by atoms with Crippen LogP contribution >= 0.6 is 0 Å². The van der Waals surface area contributed by atoms with Crippen molar-refractivity contribution in [1.82, 2.24) is 0 Å². The van der Waals surface area contributed by atoms with Crippen LogP contribution in [-0.4, -0.2) is 14.2 Å². The molecule has 0 aliphatic carbocycles. The van der Waals surface area contributed by atoms with Crippen molar-refractivity contribution >= 4 is 15.7 Å². The number of nitriles is 1. The van der Waals surface area contributed by atoms with E-state index in [1.807, 2.05) is 0 Å². The van der Waals surface area contributed by atoms with Crippen molar-refractivity contribution < 1.29 is 12.8 Å². The lowest BCUT2D eigenvalue weighted by Crippen LogP contribution is -2.16. The van der Waals surface area contributed by atoms with Crippen molar-refractivity contribution in [2.75, 3.05) is 10.5 Å². The second-order valence-corrected chi connectivity index (χ2v) is 5.06. The second kappa shape index (κ2) is 4.94. The summed E-state index contributed by atoms with van der Waals surface area (Å²) >= 11 is 0. The lowest BCUT2D eigenvalue weighted by Gasteiger charge is -2.08. The summed E-state index contributed by atoms with van der Waals surface area (Å²) in [5.41, 5.74) is 0.0806. The molecule has 1 N–H and O–H groups in total. The molecule has 0 heterocycles. The van der Waals surface area contributed by atoms with Crippen molar-refractivity contribution in [3.8, 4) is 6.07 Å². The third-order valence-corrected chi connectivity index (χ3v) is 3.32. The van der Waals surface area contributed by atoms with E-state index in [4.69, 9.17) is 5.26 Å². The molecule has 0 fully saturated rings. The van der Waals surface area contributed by atoms with Gasteiger partial charge in [-0.05, 0) is 24.6 Å². The maximum Gasteiger partial charge on any atom is 0.232 e. The molecule has 1 aromatic carbocycles. The van der Waals surface area contributed by atoms with Crippen LogP contribution in [0.25, 0.3) is 0 Å². The fourth-order valence-electron chi connectivity index (χ4n) is 1.19. The van der Waals surface area contributed by atoms with E-state index in [0.717, 1.165) is 12.1 Å². The minimum atomic E-state index is -3.45. The van der Waals surface area contributed by atoms with Crippen molar-refractivity contribution in [2.45, 2.75) is 13.3 Å². The Morgan fingerprint density at radius 2 is 2.19 bits per heavy atom. The summed E-state index contributed by atoms with van der Waals surface area (Å²) in [5.74, 6) is -0.607. The first kappa shape index (κ1) is 12.5. The summed E-state index contributed by atoms with van der Waals surface area (Å²) < 4.78 is 37.9. The summed E-state index contributed by atoms with van der Waals surface area (Å²) in [6.45, 7) is 1.73. The second-order valence-electron chi connectivity index (χ2n) is 3.22. The Bertz CT molecular complexity index is 520. The highest BCUT2D eigenvalue weighted by Gasteiger charge is 2.12. The quantitative estimate of drug-likeness (QED) is 0.875. The summed E-state index contributed by atoms with van der Waals surface area (Å²) in [6.07, 6.45) is 0.471. The normalized spacial score (nSPS) is 10.8. The van der Waals surface area contributed by atoms with Crippen LogP contribution in [-0.2, 0) is 10.0 Å². The highest BCUT2D eigenvalue weighted by molar-refractivity contribution is 7.92. The van der Waals surface area contributed by atoms with Crippen LogP contribution in [0, 0.1) is 17.1 Å². The third-order valence-electron chi connectivity index (χ3n) is 1.84. The van der Waals surface area contributed by atoms with E-state index < -0.39 is 15.8 Å².